The van der Waals surface area contributed by atoms with Crippen LogP contribution in [-0.2, 0) is 0 Å². The highest BCUT2D eigenvalue weighted by Crippen LogP contribution is 2.27. The summed E-state index contributed by atoms with van der Waals surface area (Å²) in [7, 11) is 1.49. The summed E-state index contributed by atoms with van der Waals surface area (Å²) in [5.41, 5.74) is 0.780. The van der Waals surface area contributed by atoms with Gasteiger partial charge >= 0.3 is 6.09 Å². The van der Waals surface area contributed by atoms with E-state index in [1.165, 1.54) is 7.11 Å². The minimum absolute atomic E-state index is 0.337. The van der Waals surface area contributed by atoms with E-state index in [0.29, 0.717) is 11.7 Å². The Morgan fingerprint density at radius 1 is 1.32 bits per heavy atom. The Morgan fingerprint density at radius 2 is 2.00 bits per heavy atom. The molecule has 1 aromatic heterocycles. The molecule has 5 nitrogen and oxygen atoms in total. The van der Waals surface area contributed by atoms with E-state index >= 15 is 0 Å². The summed E-state index contributed by atoms with van der Waals surface area (Å²) >= 11 is 3.34. The van der Waals surface area contributed by atoms with Gasteiger partial charge in [-0.25, -0.2) is 4.79 Å². The van der Waals surface area contributed by atoms with Crippen molar-refractivity contribution < 1.29 is 19.1 Å². The fraction of sp³-hybridized carbons (Fsp3) is 0.154. The molecule has 0 saturated heterocycles. The third kappa shape index (κ3) is 3.29. The second kappa shape index (κ2) is 5.79. The number of rotatable bonds is 4. The van der Waals surface area contributed by atoms with Crippen LogP contribution in [0.15, 0.2) is 45.3 Å². The first-order valence-corrected chi connectivity index (χ1v) is 6.28. The zero-order valence-electron chi connectivity index (χ0n) is 10.1. The van der Waals surface area contributed by atoms with Gasteiger partial charge in [-0.3, -0.25) is 0 Å². The number of furan rings is 1. The van der Waals surface area contributed by atoms with Gasteiger partial charge in [0.1, 0.15) is 11.8 Å². The van der Waals surface area contributed by atoms with Gasteiger partial charge in [0.05, 0.1) is 7.11 Å². The number of nitrogens with one attached hydrogen (secondary N) is 1. The van der Waals surface area contributed by atoms with E-state index in [-0.39, 0.29) is 0 Å². The van der Waals surface area contributed by atoms with E-state index < -0.39 is 12.1 Å². The summed E-state index contributed by atoms with van der Waals surface area (Å²) in [6.45, 7) is 0. The van der Waals surface area contributed by atoms with Gasteiger partial charge in [0.15, 0.2) is 0 Å². The van der Waals surface area contributed by atoms with E-state index in [0.717, 1.165) is 10.0 Å². The third-order valence-corrected chi connectivity index (χ3v) is 3.09. The van der Waals surface area contributed by atoms with Crippen molar-refractivity contribution in [1.82, 2.24) is 5.32 Å². The largest absolute Gasteiger partial charge is 0.468 e. The number of hydrogen-bond donors (Lipinski definition) is 2. The highest BCUT2D eigenvalue weighted by atomic mass is 79.9. The molecule has 0 spiro atoms. The molecule has 0 aliphatic heterocycles. The smallest absolute Gasteiger partial charge is 0.405 e. The molecule has 1 unspecified atom stereocenters. The normalized spacial score (nSPS) is 11.9. The molecule has 100 valence electrons. The van der Waals surface area contributed by atoms with Crippen LogP contribution in [-0.4, -0.2) is 18.3 Å². The summed E-state index contributed by atoms with van der Waals surface area (Å²) in [6, 6.07) is 10.1. The molecule has 6 heteroatoms. The van der Waals surface area contributed by atoms with E-state index in [2.05, 4.69) is 21.2 Å². The van der Waals surface area contributed by atoms with Crippen molar-refractivity contribution in [2.45, 2.75) is 6.04 Å². The summed E-state index contributed by atoms with van der Waals surface area (Å²) in [4.78, 5) is 10.9. The molecule has 19 heavy (non-hydrogen) atoms. The Bertz CT molecular complexity index is 564. The number of carboxylic acid groups (broad SMARTS) is 1. The lowest BCUT2D eigenvalue weighted by Gasteiger charge is -2.15. The van der Waals surface area contributed by atoms with Gasteiger partial charge in [-0.05, 0) is 23.8 Å². The van der Waals surface area contributed by atoms with Crippen LogP contribution in [0, 0.1) is 0 Å². The summed E-state index contributed by atoms with van der Waals surface area (Å²) in [6.07, 6.45) is -1.12. The van der Waals surface area contributed by atoms with Crippen LogP contribution < -0.4 is 10.1 Å². The van der Waals surface area contributed by atoms with E-state index in [1.807, 2.05) is 24.3 Å². The molecule has 0 bridgehead atoms. The van der Waals surface area contributed by atoms with Crippen LogP contribution in [0.5, 0.6) is 5.95 Å². The van der Waals surface area contributed by atoms with Crippen LogP contribution in [0.2, 0.25) is 0 Å². The van der Waals surface area contributed by atoms with Crippen molar-refractivity contribution in [1.29, 1.82) is 0 Å². The molecule has 1 amide bonds. The van der Waals surface area contributed by atoms with Gasteiger partial charge in [-0.1, -0.05) is 28.1 Å². The Hall–Kier alpha value is -1.95. The predicted octanol–water partition coefficient (Wildman–Crippen LogP) is 3.41. The van der Waals surface area contributed by atoms with Crippen LogP contribution >= 0.6 is 15.9 Å². The number of methoxy groups -OCH3 is 1. The standard InChI is InChI=1S/C13H12BrNO4/c1-18-11-7-6-10(19-11)12(15-13(16)17)8-2-4-9(14)5-3-8/h2-7,12,15H,1H3,(H,16,17). The Morgan fingerprint density at radius 3 is 2.53 bits per heavy atom. The average Bonchev–Trinajstić information content (AvgIpc) is 2.85. The van der Waals surface area contributed by atoms with Crippen LogP contribution in [0.3, 0.4) is 0 Å². The summed E-state index contributed by atoms with van der Waals surface area (Å²) < 4.78 is 11.3. The van der Waals surface area contributed by atoms with Crippen LogP contribution in [0.1, 0.15) is 17.4 Å². The number of amides is 1. The number of benzene rings is 1. The molecule has 0 saturated carbocycles. The maximum atomic E-state index is 10.9. The fourth-order valence-electron chi connectivity index (χ4n) is 1.70. The van der Waals surface area contributed by atoms with Gasteiger partial charge in [0, 0.05) is 10.5 Å². The van der Waals surface area contributed by atoms with Gasteiger partial charge in [-0.15, -0.1) is 0 Å². The molecule has 0 aliphatic rings. The number of carbonyl (C=O) groups is 1. The van der Waals surface area contributed by atoms with E-state index in [9.17, 15) is 4.79 Å². The molecule has 2 N–H and O–H groups in total. The zero-order chi connectivity index (χ0) is 13.8. The van der Waals surface area contributed by atoms with Crippen molar-refractivity contribution in [3.8, 4) is 5.95 Å². The lowest BCUT2D eigenvalue weighted by atomic mass is 10.1. The first kappa shape index (κ1) is 13.5. The molecule has 1 aromatic carbocycles. The Kier molecular flexibility index (Phi) is 4.11. The lowest BCUT2D eigenvalue weighted by molar-refractivity contribution is 0.189. The summed E-state index contributed by atoms with van der Waals surface area (Å²) in [5.74, 6) is 0.811. The quantitative estimate of drug-likeness (QED) is 0.903. The van der Waals surface area contributed by atoms with Gasteiger partial charge in [-0.2, -0.15) is 0 Å². The van der Waals surface area contributed by atoms with Crippen molar-refractivity contribution in [2.75, 3.05) is 7.11 Å². The second-order valence-electron chi connectivity index (χ2n) is 3.79. The van der Waals surface area contributed by atoms with Crippen LogP contribution in [0.25, 0.3) is 0 Å². The highest BCUT2D eigenvalue weighted by Gasteiger charge is 2.20. The molecule has 2 rings (SSSR count). The maximum Gasteiger partial charge on any atom is 0.405 e. The molecular formula is C13H12BrNO4. The molecule has 1 heterocycles. The van der Waals surface area contributed by atoms with Crippen molar-refractivity contribution in [3.05, 3.63) is 52.2 Å². The Labute approximate surface area is 118 Å². The first-order valence-electron chi connectivity index (χ1n) is 5.49. The maximum absolute atomic E-state index is 10.9. The third-order valence-electron chi connectivity index (χ3n) is 2.56. The monoisotopic (exact) mass is 325 g/mol. The SMILES string of the molecule is COc1ccc(C(NC(=O)O)c2ccc(Br)cc2)o1. The van der Waals surface area contributed by atoms with Gasteiger partial charge in [0.2, 0.25) is 0 Å². The average molecular weight is 326 g/mol. The van der Waals surface area contributed by atoms with E-state index in [4.69, 9.17) is 14.3 Å². The van der Waals surface area contributed by atoms with Crippen molar-refractivity contribution in [3.63, 3.8) is 0 Å². The minimum Gasteiger partial charge on any atom is -0.468 e. The Balaban J connectivity index is 2.34. The fourth-order valence-corrected chi connectivity index (χ4v) is 1.96. The first-order chi connectivity index (χ1) is 9.10. The number of ether oxygens (including phenoxy) is 1. The molecule has 0 aliphatic carbocycles. The van der Waals surface area contributed by atoms with Crippen LogP contribution in [0.4, 0.5) is 4.79 Å². The minimum atomic E-state index is -1.12. The molecule has 0 fully saturated rings. The lowest BCUT2D eigenvalue weighted by Crippen LogP contribution is -2.27. The molecule has 2 aromatic rings. The van der Waals surface area contributed by atoms with E-state index in [1.54, 1.807) is 12.1 Å². The highest BCUT2D eigenvalue weighted by molar-refractivity contribution is 9.10. The van der Waals surface area contributed by atoms with Gasteiger partial charge < -0.3 is 19.6 Å². The molecule has 1 atom stereocenters. The number of halogens is 1. The molecule has 0 radical (unpaired) electrons. The second-order valence-corrected chi connectivity index (χ2v) is 4.71. The van der Waals surface area contributed by atoms with Crippen molar-refractivity contribution in [2.24, 2.45) is 0 Å². The molecular weight excluding hydrogens is 314 g/mol. The topological polar surface area (TPSA) is 71.7 Å². The summed E-state index contributed by atoms with van der Waals surface area (Å²) in [5, 5.41) is 11.4. The van der Waals surface area contributed by atoms with Crippen molar-refractivity contribution >= 4 is 22.0 Å². The zero-order valence-corrected chi connectivity index (χ0v) is 11.7. The number of hydrogen-bond acceptors (Lipinski definition) is 3. The van der Waals surface area contributed by atoms with Gasteiger partial charge in [0.25, 0.3) is 5.95 Å². The predicted molar refractivity (Wildman–Crippen MR) is 72.4 cm³/mol.